The van der Waals surface area contributed by atoms with Crippen LogP contribution in [0.1, 0.15) is 52.9 Å². The maximum atomic E-state index is 9.21. The van der Waals surface area contributed by atoms with Crippen LogP contribution in [0.15, 0.2) is 0 Å². The van der Waals surface area contributed by atoms with Gasteiger partial charge in [-0.25, -0.2) is 0 Å². The predicted octanol–water partition coefficient (Wildman–Crippen LogP) is 1.99. The monoisotopic (exact) mass is 230 g/mol. The summed E-state index contributed by atoms with van der Waals surface area (Å²) in [6.45, 7) is 7.70. The maximum absolute atomic E-state index is 9.21. The second-order valence-electron chi connectivity index (χ2n) is 5.10. The Morgan fingerprint density at radius 2 is 2.00 bits per heavy atom. The molecule has 16 heavy (non-hydrogen) atoms. The van der Waals surface area contributed by atoms with Gasteiger partial charge in [0.25, 0.3) is 0 Å². The number of rotatable bonds is 9. The molecule has 3 nitrogen and oxygen atoms in total. The Morgan fingerprint density at radius 1 is 1.38 bits per heavy atom. The van der Waals surface area contributed by atoms with E-state index in [1.807, 2.05) is 6.92 Å². The summed E-state index contributed by atoms with van der Waals surface area (Å²) < 4.78 is 0. The molecule has 0 aliphatic heterocycles. The van der Waals surface area contributed by atoms with E-state index in [1.165, 1.54) is 12.8 Å². The van der Waals surface area contributed by atoms with Crippen molar-refractivity contribution in [2.45, 2.75) is 64.5 Å². The summed E-state index contributed by atoms with van der Waals surface area (Å²) in [6.07, 6.45) is 5.30. The van der Waals surface area contributed by atoms with Crippen molar-refractivity contribution in [2.75, 3.05) is 20.2 Å². The third-order valence-corrected chi connectivity index (χ3v) is 3.66. The van der Waals surface area contributed by atoms with E-state index >= 15 is 0 Å². The molecule has 0 aliphatic carbocycles. The van der Waals surface area contributed by atoms with E-state index in [-0.39, 0.29) is 12.1 Å². The second-order valence-corrected chi connectivity index (χ2v) is 5.10. The number of aliphatic hydroxyl groups excluding tert-OH is 1. The molecule has 0 fully saturated rings. The Bertz CT molecular complexity index is 169. The zero-order valence-electron chi connectivity index (χ0n) is 11.5. The molecular formula is C13H30N2O. The van der Waals surface area contributed by atoms with Gasteiger partial charge in [0.1, 0.15) is 0 Å². The van der Waals surface area contributed by atoms with Crippen molar-refractivity contribution in [1.82, 2.24) is 4.90 Å². The largest absolute Gasteiger partial charge is 0.394 e. The highest BCUT2D eigenvalue weighted by Gasteiger charge is 2.21. The topological polar surface area (TPSA) is 49.5 Å². The van der Waals surface area contributed by atoms with E-state index in [4.69, 9.17) is 5.73 Å². The fraction of sp³-hybridized carbons (Fsp3) is 1.00. The molecule has 0 aromatic rings. The normalized spacial score (nSPS) is 17.4. The van der Waals surface area contributed by atoms with E-state index in [0.29, 0.717) is 6.04 Å². The zero-order valence-corrected chi connectivity index (χ0v) is 11.5. The van der Waals surface area contributed by atoms with E-state index < -0.39 is 0 Å². The van der Waals surface area contributed by atoms with Crippen LogP contribution in [0.3, 0.4) is 0 Å². The van der Waals surface area contributed by atoms with Gasteiger partial charge in [-0.2, -0.15) is 0 Å². The van der Waals surface area contributed by atoms with Gasteiger partial charge in [0.05, 0.1) is 6.61 Å². The summed E-state index contributed by atoms with van der Waals surface area (Å²) >= 11 is 0. The van der Waals surface area contributed by atoms with Gasteiger partial charge in [-0.15, -0.1) is 0 Å². The van der Waals surface area contributed by atoms with Crippen LogP contribution in [0.25, 0.3) is 0 Å². The Labute approximate surface area is 101 Å². The lowest BCUT2D eigenvalue weighted by molar-refractivity contribution is 0.168. The highest BCUT2D eigenvalue weighted by atomic mass is 16.3. The van der Waals surface area contributed by atoms with Crippen LogP contribution in [0.4, 0.5) is 0 Å². The number of hydrogen-bond acceptors (Lipinski definition) is 3. The molecule has 0 saturated heterocycles. The molecule has 2 atom stereocenters. The van der Waals surface area contributed by atoms with Crippen LogP contribution in [-0.2, 0) is 0 Å². The lowest BCUT2D eigenvalue weighted by Crippen LogP contribution is -2.43. The summed E-state index contributed by atoms with van der Waals surface area (Å²) in [5, 5.41) is 9.21. The van der Waals surface area contributed by atoms with Gasteiger partial charge in [0.2, 0.25) is 0 Å². The number of nitrogens with two attached hydrogens (primary N) is 1. The molecule has 3 N–H and O–H groups in total. The van der Waals surface area contributed by atoms with Gasteiger partial charge < -0.3 is 15.7 Å². The van der Waals surface area contributed by atoms with E-state index in [1.54, 1.807) is 0 Å². The van der Waals surface area contributed by atoms with Crippen LogP contribution in [0, 0.1) is 0 Å². The lowest BCUT2D eigenvalue weighted by atomic mass is 9.92. The van der Waals surface area contributed by atoms with Gasteiger partial charge in [-0.3, -0.25) is 0 Å². The van der Waals surface area contributed by atoms with Crippen molar-refractivity contribution in [3.05, 3.63) is 0 Å². The van der Waals surface area contributed by atoms with Gasteiger partial charge in [-0.1, -0.05) is 20.3 Å². The molecule has 0 bridgehead atoms. The summed E-state index contributed by atoms with van der Waals surface area (Å²) in [5.74, 6) is 0. The Hall–Kier alpha value is -0.120. The molecule has 0 aromatic heterocycles. The third kappa shape index (κ3) is 5.83. The molecule has 0 aromatic carbocycles. The quantitative estimate of drug-likeness (QED) is 0.637. The molecule has 0 aliphatic rings. The average Bonchev–Trinajstić information content (AvgIpc) is 2.29. The minimum Gasteiger partial charge on any atom is -0.394 e. The molecule has 0 heterocycles. The van der Waals surface area contributed by atoms with Gasteiger partial charge in [0.15, 0.2) is 0 Å². The van der Waals surface area contributed by atoms with Crippen LogP contribution >= 0.6 is 0 Å². The van der Waals surface area contributed by atoms with Gasteiger partial charge in [0, 0.05) is 11.6 Å². The fourth-order valence-corrected chi connectivity index (χ4v) is 1.91. The highest BCUT2D eigenvalue weighted by Crippen LogP contribution is 2.14. The first kappa shape index (κ1) is 15.9. The first-order chi connectivity index (χ1) is 7.49. The number of nitrogens with zero attached hydrogens (tertiary/aromatic N) is 1. The van der Waals surface area contributed by atoms with Crippen LogP contribution < -0.4 is 5.73 Å². The van der Waals surface area contributed by atoms with Crippen molar-refractivity contribution in [1.29, 1.82) is 0 Å². The average molecular weight is 230 g/mol. The van der Waals surface area contributed by atoms with Gasteiger partial charge >= 0.3 is 0 Å². The van der Waals surface area contributed by atoms with Crippen LogP contribution in [0.5, 0.6) is 0 Å². The van der Waals surface area contributed by atoms with Crippen LogP contribution in [-0.4, -0.2) is 41.8 Å². The standard InChI is InChI=1S/C13H30N2O/c1-5-8-12(3)15(4)10-7-9-13(14,6-2)11-16/h12,16H,5-11,14H2,1-4H3. The molecule has 0 amide bonds. The molecule has 0 spiro atoms. The number of aliphatic hydroxyl groups is 1. The van der Waals surface area contributed by atoms with Crippen molar-refractivity contribution in [3.63, 3.8) is 0 Å². The van der Waals surface area contributed by atoms with Crippen molar-refractivity contribution >= 4 is 0 Å². The van der Waals surface area contributed by atoms with E-state index in [0.717, 1.165) is 25.8 Å². The molecule has 0 rings (SSSR count). The van der Waals surface area contributed by atoms with E-state index in [2.05, 4.69) is 25.8 Å². The first-order valence-corrected chi connectivity index (χ1v) is 6.59. The molecule has 3 heteroatoms. The maximum Gasteiger partial charge on any atom is 0.0611 e. The van der Waals surface area contributed by atoms with E-state index in [9.17, 15) is 5.11 Å². The third-order valence-electron chi connectivity index (χ3n) is 3.66. The minimum atomic E-state index is -0.366. The SMILES string of the molecule is CCCC(C)N(C)CCCC(N)(CC)CO. The summed E-state index contributed by atoms with van der Waals surface area (Å²) in [4.78, 5) is 2.39. The fourth-order valence-electron chi connectivity index (χ4n) is 1.91. The Kier molecular flexibility index (Phi) is 7.98. The Morgan fingerprint density at radius 3 is 2.44 bits per heavy atom. The van der Waals surface area contributed by atoms with Gasteiger partial charge in [-0.05, 0) is 46.2 Å². The molecule has 98 valence electrons. The lowest BCUT2D eigenvalue weighted by Gasteiger charge is -2.28. The number of hydrogen-bond donors (Lipinski definition) is 2. The highest BCUT2D eigenvalue weighted by molar-refractivity contribution is 4.81. The summed E-state index contributed by atoms with van der Waals surface area (Å²) in [6, 6.07) is 0.646. The van der Waals surface area contributed by atoms with Crippen molar-refractivity contribution < 1.29 is 5.11 Å². The second kappa shape index (κ2) is 8.04. The summed E-state index contributed by atoms with van der Waals surface area (Å²) in [5.41, 5.74) is 5.68. The van der Waals surface area contributed by atoms with Crippen molar-refractivity contribution in [3.8, 4) is 0 Å². The molecule has 2 unspecified atom stereocenters. The van der Waals surface area contributed by atoms with Crippen LogP contribution in [0.2, 0.25) is 0 Å². The molecular weight excluding hydrogens is 200 g/mol. The smallest absolute Gasteiger partial charge is 0.0611 e. The first-order valence-electron chi connectivity index (χ1n) is 6.59. The zero-order chi connectivity index (χ0) is 12.6. The molecule has 0 radical (unpaired) electrons. The molecule has 0 saturated carbocycles. The predicted molar refractivity (Wildman–Crippen MR) is 70.5 cm³/mol. The Balaban J connectivity index is 3.80. The van der Waals surface area contributed by atoms with Crippen molar-refractivity contribution in [2.24, 2.45) is 5.73 Å². The minimum absolute atomic E-state index is 0.0950. The summed E-state index contributed by atoms with van der Waals surface area (Å²) in [7, 11) is 2.17.